The van der Waals surface area contributed by atoms with Crippen LogP contribution in [0.2, 0.25) is 0 Å². The molecule has 114 valence electrons. The molecule has 2 rings (SSSR count). The molecule has 7 nitrogen and oxygen atoms in total. The van der Waals surface area contributed by atoms with Crippen LogP contribution in [0, 0.1) is 5.41 Å². The Balaban J connectivity index is 2.15. The van der Waals surface area contributed by atoms with E-state index in [9.17, 15) is 18.0 Å². The molecule has 0 N–H and O–H groups in total. The second kappa shape index (κ2) is 5.00. The lowest BCUT2D eigenvalue weighted by molar-refractivity contribution is -0.152. The number of ether oxygens (including phenoxy) is 1. The van der Waals surface area contributed by atoms with Crippen LogP contribution in [0.5, 0.6) is 0 Å². The van der Waals surface area contributed by atoms with Crippen molar-refractivity contribution in [1.82, 2.24) is 4.90 Å². The van der Waals surface area contributed by atoms with Crippen molar-refractivity contribution in [3.63, 3.8) is 0 Å². The molecule has 20 heavy (non-hydrogen) atoms. The molecular formula is C12H19NO6S. The van der Waals surface area contributed by atoms with Gasteiger partial charge in [-0.15, -0.1) is 0 Å². The van der Waals surface area contributed by atoms with Gasteiger partial charge >= 0.3 is 5.97 Å². The van der Waals surface area contributed by atoms with Gasteiger partial charge in [0.05, 0.1) is 19.5 Å². The van der Waals surface area contributed by atoms with Gasteiger partial charge in [-0.05, 0) is 12.8 Å². The van der Waals surface area contributed by atoms with Crippen LogP contribution in [0.25, 0.3) is 0 Å². The van der Waals surface area contributed by atoms with Crippen molar-refractivity contribution in [2.45, 2.75) is 38.3 Å². The maximum Gasteiger partial charge on any atom is 0.328 e. The van der Waals surface area contributed by atoms with Crippen molar-refractivity contribution < 1.29 is 26.9 Å². The molecule has 2 atom stereocenters. The fraction of sp³-hybridized carbons (Fsp3) is 0.833. The third-order valence-electron chi connectivity index (χ3n) is 3.82. The zero-order chi connectivity index (χ0) is 15.1. The van der Waals surface area contributed by atoms with Crippen LogP contribution < -0.4 is 0 Å². The summed E-state index contributed by atoms with van der Waals surface area (Å²) in [4.78, 5) is 25.5. The van der Waals surface area contributed by atoms with Gasteiger partial charge in [0.15, 0.2) is 0 Å². The van der Waals surface area contributed by atoms with E-state index >= 15 is 0 Å². The molecule has 2 aliphatic rings. The summed E-state index contributed by atoms with van der Waals surface area (Å²) in [6.45, 7) is 1.94. The van der Waals surface area contributed by atoms with Crippen molar-refractivity contribution in [1.29, 1.82) is 0 Å². The van der Waals surface area contributed by atoms with Crippen molar-refractivity contribution >= 4 is 22.0 Å². The highest BCUT2D eigenvalue weighted by molar-refractivity contribution is 7.86. The first kappa shape index (κ1) is 15.2. The van der Waals surface area contributed by atoms with Gasteiger partial charge in [-0.3, -0.25) is 8.98 Å². The SMILES string of the molecule is COC(=O)C1C[C@@H](OS(C)(=O)=O)CN1C(=O)C1(C)CC1. The van der Waals surface area contributed by atoms with Gasteiger partial charge in [-0.1, -0.05) is 6.92 Å². The van der Waals surface area contributed by atoms with Gasteiger partial charge in [0.1, 0.15) is 6.04 Å². The number of rotatable bonds is 4. The second-order valence-corrected chi connectivity index (χ2v) is 7.32. The van der Waals surface area contributed by atoms with Crippen LogP contribution >= 0.6 is 0 Å². The molecule has 0 spiro atoms. The molecule has 0 radical (unpaired) electrons. The highest BCUT2D eigenvalue weighted by Crippen LogP contribution is 2.47. The maximum absolute atomic E-state index is 12.4. The predicted octanol–water partition coefficient (Wildman–Crippen LogP) is -0.0948. The summed E-state index contributed by atoms with van der Waals surface area (Å²) < 4.78 is 32.0. The van der Waals surface area contributed by atoms with Crippen LogP contribution in [0.4, 0.5) is 0 Å². The van der Waals surface area contributed by atoms with Crippen LogP contribution in [-0.2, 0) is 28.6 Å². The summed E-state index contributed by atoms with van der Waals surface area (Å²) in [6.07, 6.45) is 1.97. The number of methoxy groups -OCH3 is 1. The van der Waals surface area contributed by atoms with Crippen molar-refractivity contribution in [3.8, 4) is 0 Å². The van der Waals surface area contributed by atoms with Gasteiger partial charge in [0.25, 0.3) is 10.1 Å². The van der Waals surface area contributed by atoms with E-state index < -0.39 is 33.6 Å². The zero-order valence-electron chi connectivity index (χ0n) is 11.8. The minimum Gasteiger partial charge on any atom is -0.467 e. The lowest BCUT2D eigenvalue weighted by Crippen LogP contribution is -2.44. The van der Waals surface area contributed by atoms with E-state index in [1.54, 1.807) is 0 Å². The summed E-state index contributed by atoms with van der Waals surface area (Å²) >= 11 is 0. The number of carbonyl (C=O) groups is 2. The monoisotopic (exact) mass is 305 g/mol. The fourth-order valence-electron chi connectivity index (χ4n) is 2.45. The minimum atomic E-state index is -3.62. The zero-order valence-corrected chi connectivity index (χ0v) is 12.6. The first-order chi connectivity index (χ1) is 9.16. The first-order valence-corrected chi connectivity index (χ1v) is 8.25. The van der Waals surface area contributed by atoms with Gasteiger partial charge in [-0.25, -0.2) is 4.79 Å². The molecular weight excluding hydrogens is 286 g/mol. The largest absolute Gasteiger partial charge is 0.467 e. The minimum absolute atomic E-state index is 0.0985. The van der Waals surface area contributed by atoms with E-state index in [1.165, 1.54) is 12.0 Å². The molecule has 0 aromatic rings. The van der Waals surface area contributed by atoms with E-state index in [4.69, 9.17) is 4.18 Å². The normalized spacial score (nSPS) is 28.2. The molecule has 1 aliphatic heterocycles. The number of esters is 1. The second-order valence-electron chi connectivity index (χ2n) is 5.72. The summed E-state index contributed by atoms with van der Waals surface area (Å²) in [6, 6.07) is -0.767. The van der Waals surface area contributed by atoms with Crippen molar-refractivity contribution in [2.24, 2.45) is 5.41 Å². The number of carbonyl (C=O) groups excluding carboxylic acids is 2. The maximum atomic E-state index is 12.4. The van der Waals surface area contributed by atoms with Gasteiger partial charge < -0.3 is 9.64 Å². The molecule has 0 bridgehead atoms. The molecule has 1 aliphatic carbocycles. The van der Waals surface area contributed by atoms with Gasteiger partial charge in [-0.2, -0.15) is 8.42 Å². The van der Waals surface area contributed by atoms with E-state index in [-0.39, 0.29) is 18.9 Å². The lowest BCUT2D eigenvalue weighted by Gasteiger charge is -2.25. The fourth-order valence-corrected chi connectivity index (χ4v) is 3.08. The topological polar surface area (TPSA) is 90.0 Å². The molecule has 1 unspecified atom stereocenters. The van der Waals surface area contributed by atoms with Gasteiger partial charge in [0, 0.05) is 18.4 Å². The molecule has 1 heterocycles. The van der Waals surface area contributed by atoms with E-state index in [0.29, 0.717) is 0 Å². The van der Waals surface area contributed by atoms with Crippen LogP contribution in [-0.4, -0.2) is 57.3 Å². The Labute approximate surface area is 118 Å². The molecule has 0 aromatic heterocycles. The Hall–Kier alpha value is -1.15. The van der Waals surface area contributed by atoms with Crippen LogP contribution in [0.3, 0.4) is 0 Å². The molecule has 2 fully saturated rings. The highest BCUT2D eigenvalue weighted by atomic mass is 32.2. The Morgan fingerprint density at radius 3 is 2.35 bits per heavy atom. The number of amides is 1. The Morgan fingerprint density at radius 2 is 1.90 bits per heavy atom. The first-order valence-electron chi connectivity index (χ1n) is 6.43. The number of nitrogens with zero attached hydrogens (tertiary/aromatic N) is 1. The summed E-state index contributed by atoms with van der Waals surface area (Å²) in [5.74, 6) is -0.672. The molecule has 1 saturated heterocycles. The summed E-state index contributed by atoms with van der Waals surface area (Å²) in [5.41, 5.74) is -0.424. The van der Waals surface area contributed by atoms with E-state index in [1.807, 2.05) is 6.92 Å². The van der Waals surface area contributed by atoms with E-state index in [2.05, 4.69) is 4.74 Å². The molecule has 0 aromatic carbocycles. The average Bonchev–Trinajstić information content (AvgIpc) is 2.96. The number of hydrogen-bond acceptors (Lipinski definition) is 6. The smallest absolute Gasteiger partial charge is 0.328 e. The highest BCUT2D eigenvalue weighted by Gasteiger charge is 2.52. The number of hydrogen-bond donors (Lipinski definition) is 0. The number of likely N-dealkylation sites (tertiary alicyclic amines) is 1. The van der Waals surface area contributed by atoms with Crippen LogP contribution in [0.15, 0.2) is 0 Å². The Kier molecular flexibility index (Phi) is 3.81. The third-order valence-corrected chi connectivity index (χ3v) is 4.45. The molecule has 1 saturated carbocycles. The third kappa shape index (κ3) is 3.12. The van der Waals surface area contributed by atoms with Crippen molar-refractivity contribution in [2.75, 3.05) is 19.9 Å². The van der Waals surface area contributed by atoms with Gasteiger partial charge in [0.2, 0.25) is 5.91 Å². The molecule has 8 heteroatoms. The Morgan fingerprint density at radius 1 is 1.30 bits per heavy atom. The predicted molar refractivity (Wildman–Crippen MR) is 69.2 cm³/mol. The summed E-state index contributed by atoms with van der Waals surface area (Å²) in [7, 11) is -2.38. The standard InChI is InChI=1S/C12H19NO6S/c1-12(4-5-12)11(15)13-7-8(19-20(3,16)17)6-9(13)10(14)18-2/h8-9H,4-7H2,1-3H3/t8-,9?/m1/s1. The van der Waals surface area contributed by atoms with Crippen LogP contribution in [0.1, 0.15) is 26.2 Å². The van der Waals surface area contributed by atoms with Crippen molar-refractivity contribution in [3.05, 3.63) is 0 Å². The summed E-state index contributed by atoms with van der Waals surface area (Å²) in [5, 5.41) is 0. The molecule has 1 amide bonds. The van der Waals surface area contributed by atoms with E-state index in [0.717, 1.165) is 19.1 Å². The lowest BCUT2D eigenvalue weighted by atomic mass is 10.1. The Bertz CT molecular complexity index is 524. The quantitative estimate of drug-likeness (QED) is 0.532. The average molecular weight is 305 g/mol.